The van der Waals surface area contributed by atoms with Crippen molar-refractivity contribution in [3.8, 4) is 17.2 Å². The first-order valence-corrected chi connectivity index (χ1v) is 12.1. The number of benzene rings is 3. The molecule has 1 aliphatic rings. The molecule has 7 nitrogen and oxygen atoms in total. The summed E-state index contributed by atoms with van der Waals surface area (Å²) in [5.41, 5.74) is 6.73. The number of carbonyl (C=O) groups is 3. The Bertz CT molecular complexity index is 1540. The zero-order chi connectivity index (χ0) is 26.9. The summed E-state index contributed by atoms with van der Waals surface area (Å²) in [5, 5.41) is 0.643. The van der Waals surface area contributed by atoms with Gasteiger partial charge in [-0.25, -0.2) is 4.39 Å². The molecule has 1 saturated carbocycles. The largest absolute Gasteiger partial charge is 0.496 e. The molecule has 0 aliphatic heterocycles. The van der Waals surface area contributed by atoms with Gasteiger partial charge >= 0.3 is 0 Å². The summed E-state index contributed by atoms with van der Waals surface area (Å²) in [5.74, 6) is 0.174. The lowest BCUT2D eigenvalue weighted by Gasteiger charge is -2.14. The number of methoxy groups -OCH3 is 1. The average molecular weight is 513 g/mol. The molecular weight excluding hydrogens is 487 g/mol. The number of rotatable bonds is 10. The number of halogens is 1. The third-order valence-corrected chi connectivity index (χ3v) is 6.90. The molecule has 4 aromatic rings. The number of nitrogens with two attached hydrogens (primary N) is 1. The van der Waals surface area contributed by atoms with Crippen molar-refractivity contribution in [3.05, 3.63) is 95.4 Å². The fourth-order valence-electron chi connectivity index (χ4n) is 4.55. The number of hydrogen-bond donors (Lipinski definition) is 1. The molecule has 5 rings (SSSR count). The number of primary amides is 1. The summed E-state index contributed by atoms with van der Waals surface area (Å²) in [4.78, 5) is 42.0. The number of ether oxygens (including phenoxy) is 2. The Balaban J connectivity index is 1.28. The van der Waals surface area contributed by atoms with Gasteiger partial charge in [-0.05, 0) is 66.4 Å². The summed E-state index contributed by atoms with van der Waals surface area (Å²) >= 11 is 0. The molecule has 2 N–H and O–H groups in total. The number of hydrogen-bond acceptors (Lipinski definition) is 6. The molecule has 0 radical (unpaired) electrons. The van der Waals surface area contributed by atoms with Gasteiger partial charge < -0.3 is 15.2 Å². The summed E-state index contributed by atoms with van der Waals surface area (Å²) in [6.07, 6.45) is 2.91. The third-order valence-electron chi connectivity index (χ3n) is 6.90. The summed E-state index contributed by atoms with van der Waals surface area (Å²) in [6, 6.07) is 17.8. The predicted octanol–water partition coefficient (Wildman–Crippen LogP) is 4.98. The maximum atomic E-state index is 13.2. The smallest absolute Gasteiger partial charge is 0.252 e. The molecule has 0 spiro atoms. The highest BCUT2D eigenvalue weighted by Gasteiger charge is 2.54. The van der Waals surface area contributed by atoms with Gasteiger partial charge in [0.2, 0.25) is 0 Å². The second-order valence-electron chi connectivity index (χ2n) is 9.40. The summed E-state index contributed by atoms with van der Waals surface area (Å²) in [7, 11) is 1.45. The van der Waals surface area contributed by atoms with Crippen LogP contribution in [-0.2, 0) is 22.4 Å². The fraction of sp³-hybridized carbons (Fsp3) is 0.200. The molecule has 0 atom stereocenters. The van der Waals surface area contributed by atoms with Gasteiger partial charge in [0, 0.05) is 24.4 Å². The molecule has 1 aliphatic carbocycles. The molecule has 1 heterocycles. The van der Waals surface area contributed by atoms with Crippen molar-refractivity contribution in [2.45, 2.75) is 25.7 Å². The SMILES string of the molecule is COc1cc2c(Oc3ccc(CC(=O)C4(C(=O)Cc5ccc(F)cc5)CC4)cc3)ccnc2cc1C(N)=O. The van der Waals surface area contributed by atoms with Crippen molar-refractivity contribution in [2.75, 3.05) is 7.11 Å². The van der Waals surface area contributed by atoms with Crippen LogP contribution in [0, 0.1) is 11.2 Å². The van der Waals surface area contributed by atoms with E-state index in [1.54, 1.807) is 60.8 Å². The Morgan fingerprint density at radius 1 is 0.895 bits per heavy atom. The number of Topliss-reactive ketones (excluding diaryl/α,β-unsaturated/α-hetero) is 2. The van der Waals surface area contributed by atoms with Gasteiger partial charge in [0.15, 0.2) is 11.6 Å². The van der Waals surface area contributed by atoms with Gasteiger partial charge in [-0.3, -0.25) is 19.4 Å². The molecule has 0 saturated heterocycles. The lowest BCUT2D eigenvalue weighted by Crippen LogP contribution is -2.28. The first-order chi connectivity index (χ1) is 18.3. The molecular formula is C30H25FN2O5. The Morgan fingerprint density at radius 2 is 1.50 bits per heavy atom. The molecule has 0 unspecified atom stereocenters. The molecule has 0 bridgehead atoms. The third kappa shape index (κ3) is 4.98. The van der Waals surface area contributed by atoms with Crippen LogP contribution >= 0.6 is 0 Å². The van der Waals surface area contributed by atoms with Gasteiger partial charge in [0.1, 0.15) is 23.1 Å². The number of aromatic nitrogens is 1. The Morgan fingerprint density at radius 3 is 2.05 bits per heavy atom. The van der Waals surface area contributed by atoms with Crippen LogP contribution in [0.4, 0.5) is 4.39 Å². The number of amides is 1. The van der Waals surface area contributed by atoms with Crippen molar-refractivity contribution in [1.29, 1.82) is 0 Å². The lowest BCUT2D eigenvalue weighted by atomic mass is 9.88. The van der Waals surface area contributed by atoms with Gasteiger partial charge in [-0.15, -0.1) is 0 Å². The maximum Gasteiger partial charge on any atom is 0.252 e. The van der Waals surface area contributed by atoms with E-state index in [9.17, 15) is 18.8 Å². The molecule has 38 heavy (non-hydrogen) atoms. The zero-order valence-electron chi connectivity index (χ0n) is 20.7. The van der Waals surface area contributed by atoms with E-state index in [2.05, 4.69) is 4.98 Å². The fourth-order valence-corrected chi connectivity index (χ4v) is 4.55. The van der Waals surface area contributed by atoms with Crippen molar-refractivity contribution in [2.24, 2.45) is 11.1 Å². The first kappa shape index (κ1) is 25.1. The predicted molar refractivity (Wildman–Crippen MR) is 139 cm³/mol. The highest BCUT2D eigenvalue weighted by Crippen LogP contribution is 2.48. The highest BCUT2D eigenvalue weighted by molar-refractivity contribution is 6.11. The monoisotopic (exact) mass is 512 g/mol. The number of pyridine rings is 1. The van der Waals surface area contributed by atoms with E-state index in [0.717, 1.165) is 5.56 Å². The molecule has 3 aromatic carbocycles. The maximum absolute atomic E-state index is 13.2. The van der Waals surface area contributed by atoms with Gasteiger partial charge in [0.25, 0.3) is 5.91 Å². The first-order valence-electron chi connectivity index (χ1n) is 12.1. The van der Waals surface area contributed by atoms with Crippen LogP contribution in [0.25, 0.3) is 10.9 Å². The molecule has 1 aromatic heterocycles. The topological polar surface area (TPSA) is 109 Å². The van der Waals surface area contributed by atoms with E-state index in [0.29, 0.717) is 46.6 Å². The van der Waals surface area contributed by atoms with Crippen LogP contribution < -0.4 is 15.2 Å². The van der Waals surface area contributed by atoms with E-state index in [-0.39, 0.29) is 35.8 Å². The van der Waals surface area contributed by atoms with Crippen LogP contribution in [0.3, 0.4) is 0 Å². The Labute approximate surface area is 218 Å². The van der Waals surface area contributed by atoms with Crippen LogP contribution in [0.1, 0.15) is 34.3 Å². The van der Waals surface area contributed by atoms with E-state index in [4.69, 9.17) is 15.2 Å². The number of carbonyl (C=O) groups excluding carboxylic acids is 3. The van der Waals surface area contributed by atoms with Crippen molar-refractivity contribution >= 4 is 28.4 Å². The molecule has 1 fully saturated rings. The average Bonchev–Trinajstić information content (AvgIpc) is 3.73. The van der Waals surface area contributed by atoms with Crippen molar-refractivity contribution < 1.29 is 28.2 Å². The molecule has 8 heteroatoms. The number of nitrogens with zero attached hydrogens (tertiary/aromatic N) is 1. The zero-order valence-corrected chi connectivity index (χ0v) is 20.7. The van der Waals surface area contributed by atoms with Crippen LogP contribution in [0.15, 0.2) is 72.9 Å². The minimum Gasteiger partial charge on any atom is -0.496 e. The van der Waals surface area contributed by atoms with E-state index in [1.165, 1.54) is 19.2 Å². The normalized spacial score (nSPS) is 13.6. The van der Waals surface area contributed by atoms with Crippen LogP contribution in [-0.4, -0.2) is 29.6 Å². The van der Waals surface area contributed by atoms with Crippen LogP contribution in [0.2, 0.25) is 0 Å². The van der Waals surface area contributed by atoms with E-state index < -0.39 is 11.3 Å². The Kier molecular flexibility index (Phi) is 6.63. The highest BCUT2D eigenvalue weighted by atomic mass is 19.1. The van der Waals surface area contributed by atoms with E-state index >= 15 is 0 Å². The van der Waals surface area contributed by atoms with Crippen molar-refractivity contribution in [3.63, 3.8) is 0 Å². The molecule has 192 valence electrons. The minimum atomic E-state index is -0.942. The van der Waals surface area contributed by atoms with Gasteiger partial charge in [-0.2, -0.15) is 0 Å². The molecule has 1 amide bonds. The second-order valence-corrected chi connectivity index (χ2v) is 9.40. The summed E-state index contributed by atoms with van der Waals surface area (Å²) < 4.78 is 24.5. The number of ketones is 2. The van der Waals surface area contributed by atoms with Crippen molar-refractivity contribution in [1.82, 2.24) is 4.98 Å². The van der Waals surface area contributed by atoms with Crippen LogP contribution in [0.5, 0.6) is 17.2 Å². The summed E-state index contributed by atoms with van der Waals surface area (Å²) in [6.45, 7) is 0. The second kappa shape index (κ2) is 10.0. The van der Waals surface area contributed by atoms with Gasteiger partial charge in [0.05, 0.1) is 23.6 Å². The quantitative estimate of drug-likeness (QED) is 0.300. The standard InChI is InChI=1S/C30H25FN2O5/c1-37-26-17-22-24(16-23(26)29(32)36)33-13-10-25(22)38-21-8-4-19(5-9-21)15-28(35)30(11-12-30)27(34)14-18-2-6-20(31)7-3-18/h2-10,13,16-17H,11-12,14-15H2,1H3,(H2,32,36). The minimum absolute atomic E-state index is 0.101. The Hall–Kier alpha value is -4.59. The van der Waals surface area contributed by atoms with E-state index in [1.807, 2.05) is 0 Å². The lowest BCUT2D eigenvalue weighted by molar-refractivity contribution is -0.133. The van der Waals surface area contributed by atoms with Gasteiger partial charge in [-0.1, -0.05) is 24.3 Å². The number of fused-ring (bicyclic) bond motifs is 1.